The molecule has 0 spiro atoms. The zero-order valence-corrected chi connectivity index (χ0v) is 26.2. The molecule has 1 amide bonds. The molecule has 2 aliphatic rings. The Morgan fingerprint density at radius 1 is 1.12 bits per heavy atom. The molecule has 1 aliphatic heterocycles. The molecule has 1 saturated heterocycles. The number of halogens is 1. The fourth-order valence-electron chi connectivity index (χ4n) is 5.64. The number of aromatic nitrogens is 1. The third kappa shape index (κ3) is 7.14. The number of carbonyl (C=O) groups is 1. The summed E-state index contributed by atoms with van der Waals surface area (Å²) in [6, 6.07) is 14.4. The number of nitrogens with one attached hydrogen (secondary N) is 1. The largest absolute Gasteiger partial charge is 0.484 e. The first-order chi connectivity index (χ1) is 20.2. The Kier molecular flexibility index (Phi) is 9.82. The summed E-state index contributed by atoms with van der Waals surface area (Å²) in [6.07, 6.45) is 6.86. The molecule has 1 saturated carbocycles. The molecule has 9 nitrogen and oxygen atoms in total. The van der Waals surface area contributed by atoms with E-state index in [2.05, 4.69) is 20.2 Å². The minimum absolute atomic E-state index is 0.151. The molecule has 1 aliphatic carbocycles. The van der Waals surface area contributed by atoms with Gasteiger partial charge in [0.1, 0.15) is 5.00 Å². The monoisotopic (exact) mass is 629 g/mol. The Morgan fingerprint density at radius 3 is 2.48 bits per heavy atom. The van der Waals surface area contributed by atoms with Gasteiger partial charge < -0.3 is 15.0 Å². The van der Waals surface area contributed by atoms with Crippen LogP contribution < -0.4 is 10.2 Å². The minimum Gasteiger partial charge on any atom is -0.484 e. The van der Waals surface area contributed by atoms with E-state index in [4.69, 9.17) is 16.3 Å². The number of ether oxygens (including phenoxy) is 1. The number of anilines is 2. The second-order valence-corrected chi connectivity index (χ2v) is 14.0. The number of aliphatic imine (C=N–C) groups is 1. The van der Waals surface area contributed by atoms with Crippen molar-refractivity contribution in [3.8, 4) is 0 Å². The molecule has 1 N–H and O–H groups in total. The molecule has 224 valence electrons. The molecular formula is C30H36ClN5O4S2. The zero-order chi connectivity index (χ0) is 29.7. The topological polar surface area (TPSA) is 104 Å². The smallest absolute Gasteiger partial charge is 0.243 e. The molecule has 2 aromatic carbocycles. The fourth-order valence-corrected chi connectivity index (χ4v) is 8.05. The van der Waals surface area contributed by atoms with Gasteiger partial charge in [0.05, 0.1) is 34.8 Å². The summed E-state index contributed by atoms with van der Waals surface area (Å²) >= 11 is 7.63. The van der Waals surface area contributed by atoms with Crippen LogP contribution in [0.15, 0.2) is 64.6 Å². The predicted octanol–water partition coefficient (Wildman–Crippen LogP) is 6.31. The Balaban J connectivity index is 1.29. The lowest BCUT2D eigenvalue weighted by atomic mass is 9.87. The highest BCUT2D eigenvalue weighted by Gasteiger charge is 2.31. The number of piperazine rings is 1. The normalized spacial score (nSPS) is 17.8. The summed E-state index contributed by atoms with van der Waals surface area (Å²) in [5.41, 5.74) is 1.71. The summed E-state index contributed by atoms with van der Waals surface area (Å²) in [6.45, 7) is 3.59. The lowest BCUT2D eigenvalue weighted by molar-refractivity contribution is -0.118. The SMILES string of the molecule is CO/C(C)=N/c1cnc(NC(=O)C(CC2CCCC2)c2ccc(S(=O)(=O)N3CCN(c4ccccc4Cl)CC3)cc2)s1. The van der Waals surface area contributed by atoms with Gasteiger partial charge in [0.15, 0.2) is 11.0 Å². The number of amides is 1. The highest BCUT2D eigenvalue weighted by Crippen LogP contribution is 2.36. The van der Waals surface area contributed by atoms with E-state index in [9.17, 15) is 13.2 Å². The summed E-state index contributed by atoms with van der Waals surface area (Å²) < 4.78 is 33.6. The molecule has 12 heteroatoms. The van der Waals surface area contributed by atoms with Crippen LogP contribution in [-0.4, -0.2) is 62.8 Å². The van der Waals surface area contributed by atoms with E-state index in [-0.39, 0.29) is 10.8 Å². The Morgan fingerprint density at radius 2 is 1.81 bits per heavy atom. The zero-order valence-electron chi connectivity index (χ0n) is 23.8. The highest BCUT2D eigenvalue weighted by atomic mass is 35.5. The summed E-state index contributed by atoms with van der Waals surface area (Å²) in [5, 5.41) is 4.73. The molecule has 0 bridgehead atoms. The minimum atomic E-state index is -3.68. The van der Waals surface area contributed by atoms with E-state index in [0.717, 1.165) is 24.1 Å². The van der Waals surface area contributed by atoms with Crippen LogP contribution in [-0.2, 0) is 19.6 Å². The van der Waals surface area contributed by atoms with Crippen molar-refractivity contribution in [1.29, 1.82) is 0 Å². The second kappa shape index (κ2) is 13.5. The van der Waals surface area contributed by atoms with Gasteiger partial charge in [0.25, 0.3) is 0 Å². The van der Waals surface area contributed by atoms with Crippen LogP contribution >= 0.6 is 22.9 Å². The standard InChI is InChI=1S/C30H36ClN5O4S2/c1-21(40-2)33-28-20-32-30(41-28)34-29(37)25(19-22-7-3-4-8-22)23-11-13-24(14-12-23)42(38,39)36-17-15-35(16-18-36)27-10-6-5-9-26(27)31/h5-6,9-14,20,22,25H,3-4,7-8,15-19H2,1-2H3,(H,32,34,37)/b33-21+. The van der Waals surface area contributed by atoms with E-state index in [0.29, 0.717) is 59.6 Å². The Hall–Kier alpha value is -2.99. The molecule has 42 heavy (non-hydrogen) atoms. The average Bonchev–Trinajstić information content (AvgIpc) is 3.68. The van der Waals surface area contributed by atoms with Gasteiger partial charge in [0, 0.05) is 33.1 Å². The molecule has 2 fully saturated rings. The number of nitrogens with zero attached hydrogens (tertiary/aromatic N) is 4. The van der Waals surface area contributed by atoms with Crippen LogP contribution in [0.3, 0.4) is 0 Å². The predicted molar refractivity (Wildman–Crippen MR) is 169 cm³/mol. The van der Waals surface area contributed by atoms with E-state index in [1.807, 2.05) is 24.3 Å². The van der Waals surface area contributed by atoms with Crippen molar-refractivity contribution >= 4 is 60.6 Å². The van der Waals surface area contributed by atoms with Crippen molar-refractivity contribution < 1.29 is 17.9 Å². The van der Waals surface area contributed by atoms with Crippen molar-refractivity contribution in [3.05, 3.63) is 65.3 Å². The number of sulfonamides is 1. The van der Waals surface area contributed by atoms with Crippen molar-refractivity contribution in [1.82, 2.24) is 9.29 Å². The van der Waals surface area contributed by atoms with Crippen molar-refractivity contribution in [2.24, 2.45) is 10.9 Å². The summed E-state index contributed by atoms with van der Waals surface area (Å²) in [4.78, 5) is 24.5. The van der Waals surface area contributed by atoms with Gasteiger partial charge in [-0.25, -0.2) is 18.4 Å². The number of carbonyl (C=O) groups excluding carboxylic acids is 1. The summed E-state index contributed by atoms with van der Waals surface area (Å²) in [5.74, 6) is 0.398. The van der Waals surface area contributed by atoms with Crippen molar-refractivity contribution in [2.75, 3.05) is 43.5 Å². The van der Waals surface area contributed by atoms with E-state index in [1.165, 1.54) is 28.5 Å². The molecular weight excluding hydrogens is 594 g/mol. The fraction of sp³-hybridized carbons (Fsp3) is 0.433. The average molecular weight is 630 g/mol. The summed E-state index contributed by atoms with van der Waals surface area (Å²) in [7, 11) is -2.13. The maximum absolute atomic E-state index is 13.5. The molecule has 1 unspecified atom stereocenters. The van der Waals surface area contributed by atoms with Crippen molar-refractivity contribution in [2.45, 2.75) is 49.8 Å². The van der Waals surface area contributed by atoms with Crippen LogP contribution in [0.2, 0.25) is 5.02 Å². The van der Waals surface area contributed by atoms with E-state index < -0.39 is 15.9 Å². The van der Waals surface area contributed by atoms with Gasteiger partial charge in [0.2, 0.25) is 15.9 Å². The number of thiazole rings is 1. The molecule has 2 heterocycles. The van der Waals surface area contributed by atoms with Gasteiger partial charge in [-0.05, 0) is 42.2 Å². The first kappa shape index (κ1) is 30.5. The first-order valence-electron chi connectivity index (χ1n) is 14.2. The Bertz CT molecular complexity index is 1510. The maximum Gasteiger partial charge on any atom is 0.243 e. The Labute approximate surface area is 256 Å². The third-order valence-corrected chi connectivity index (χ3v) is 11.0. The molecule has 3 aromatic rings. The molecule has 1 aromatic heterocycles. The molecule has 1 atom stereocenters. The van der Waals surface area contributed by atoms with Gasteiger partial charge in [-0.2, -0.15) is 4.31 Å². The van der Waals surface area contributed by atoms with Crippen LogP contribution in [0.25, 0.3) is 0 Å². The molecule has 0 radical (unpaired) electrons. The lowest BCUT2D eigenvalue weighted by Crippen LogP contribution is -2.48. The van der Waals surface area contributed by atoms with Crippen LogP contribution in [0, 0.1) is 5.92 Å². The first-order valence-corrected chi connectivity index (χ1v) is 16.8. The van der Waals surface area contributed by atoms with E-state index >= 15 is 0 Å². The third-order valence-electron chi connectivity index (χ3n) is 8.00. The number of benzene rings is 2. The van der Waals surface area contributed by atoms with Gasteiger partial charge in [-0.1, -0.05) is 72.9 Å². The van der Waals surface area contributed by atoms with Gasteiger partial charge >= 0.3 is 0 Å². The second-order valence-electron chi connectivity index (χ2n) is 10.7. The molecule has 5 rings (SSSR count). The van der Waals surface area contributed by atoms with Gasteiger partial charge in [-0.15, -0.1) is 0 Å². The van der Waals surface area contributed by atoms with Crippen LogP contribution in [0.5, 0.6) is 0 Å². The lowest BCUT2D eigenvalue weighted by Gasteiger charge is -2.35. The van der Waals surface area contributed by atoms with Crippen LogP contribution in [0.4, 0.5) is 15.8 Å². The van der Waals surface area contributed by atoms with E-state index in [1.54, 1.807) is 44.5 Å². The van der Waals surface area contributed by atoms with Gasteiger partial charge in [-0.3, -0.25) is 4.79 Å². The number of rotatable bonds is 9. The van der Waals surface area contributed by atoms with Crippen LogP contribution in [0.1, 0.15) is 50.5 Å². The quantitative estimate of drug-likeness (QED) is 0.220. The highest BCUT2D eigenvalue weighted by molar-refractivity contribution is 7.89. The number of para-hydroxylation sites is 1. The maximum atomic E-state index is 13.5. The number of hydrogen-bond donors (Lipinski definition) is 1. The van der Waals surface area contributed by atoms with Crippen molar-refractivity contribution in [3.63, 3.8) is 0 Å². The number of hydrogen-bond acceptors (Lipinski definition) is 8. The number of methoxy groups -OCH3 is 1.